The van der Waals surface area contributed by atoms with Crippen molar-refractivity contribution in [3.8, 4) is 0 Å². The molecule has 1 aliphatic heterocycles. The Labute approximate surface area is 91.6 Å². The molecule has 2 nitrogen and oxygen atoms in total. The van der Waals surface area contributed by atoms with Gasteiger partial charge in [-0.3, -0.25) is 4.79 Å². The highest BCUT2D eigenvalue weighted by Gasteiger charge is 2.27. The third-order valence-electron chi connectivity index (χ3n) is 3.12. The number of halogens is 1. The minimum atomic E-state index is 0.152. The van der Waals surface area contributed by atoms with Gasteiger partial charge in [0.1, 0.15) is 0 Å². The van der Waals surface area contributed by atoms with Gasteiger partial charge in [0.25, 0.3) is 0 Å². The summed E-state index contributed by atoms with van der Waals surface area (Å²) >= 11 is 5.87. The van der Waals surface area contributed by atoms with Gasteiger partial charge in [-0.2, -0.15) is 0 Å². The van der Waals surface area contributed by atoms with Crippen LogP contribution in [-0.2, 0) is 4.79 Å². The zero-order valence-electron chi connectivity index (χ0n) is 9.13. The summed E-state index contributed by atoms with van der Waals surface area (Å²) in [6.07, 6.45) is 4.34. The maximum atomic E-state index is 12.0. The van der Waals surface area contributed by atoms with Gasteiger partial charge in [0.2, 0.25) is 5.91 Å². The van der Waals surface area contributed by atoms with Crippen molar-refractivity contribution in [2.45, 2.75) is 45.6 Å². The van der Waals surface area contributed by atoms with Crippen molar-refractivity contribution in [1.82, 2.24) is 4.90 Å². The Balaban J connectivity index is 2.58. The van der Waals surface area contributed by atoms with Crippen molar-refractivity contribution in [1.29, 1.82) is 0 Å². The first-order valence-electron chi connectivity index (χ1n) is 5.57. The molecule has 1 rings (SSSR count). The van der Waals surface area contributed by atoms with E-state index >= 15 is 0 Å². The Morgan fingerprint density at radius 1 is 1.57 bits per heavy atom. The topological polar surface area (TPSA) is 20.3 Å². The molecule has 0 aliphatic carbocycles. The molecule has 1 saturated heterocycles. The molecule has 3 heteroatoms. The van der Waals surface area contributed by atoms with Crippen LogP contribution in [0, 0.1) is 5.92 Å². The van der Waals surface area contributed by atoms with E-state index in [2.05, 4.69) is 6.92 Å². The van der Waals surface area contributed by atoms with E-state index in [9.17, 15) is 4.79 Å². The number of nitrogens with zero attached hydrogens (tertiary/aromatic N) is 1. The summed E-state index contributed by atoms with van der Waals surface area (Å²) in [5, 5.41) is 0. The predicted molar refractivity (Wildman–Crippen MR) is 59.5 cm³/mol. The van der Waals surface area contributed by atoms with Crippen LogP contribution in [0.4, 0.5) is 0 Å². The fourth-order valence-electron chi connectivity index (χ4n) is 1.91. The van der Waals surface area contributed by atoms with Gasteiger partial charge in [0, 0.05) is 24.4 Å². The second kappa shape index (κ2) is 5.59. The molecule has 0 radical (unpaired) electrons. The zero-order valence-corrected chi connectivity index (χ0v) is 9.89. The average Bonchev–Trinajstić information content (AvgIpc) is 2.26. The smallest absolute Gasteiger partial charge is 0.225 e. The maximum Gasteiger partial charge on any atom is 0.225 e. The number of likely N-dealkylation sites (tertiary alicyclic amines) is 1. The van der Waals surface area contributed by atoms with Gasteiger partial charge in [0.05, 0.1) is 0 Å². The minimum absolute atomic E-state index is 0.152. The number of carbonyl (C=O) groups is 1. The normalized spacial score (nSPS) is 24.8. The fraction of sp³-hybridized carbons (Fsp3) is 0.909. The highest BCUT2D eigenvalue weighted by atomic mass is 35.5. The van der Waals surface area contributed by atoms with E-state index in [1.165, 1.54) is 6.42 Å². The molecule has 0 saturated carbocycles. The van der Waals surface area contributed by atoms with E-state index in [0.29, 0.717) is 5.88 Å². The van der Waals surface area contributed by atoms with Crippen LogP contribution in [0.1, 0.15) is 39.5 Å². The van der Waals surface area contributed by atoms with E-state index in [1.807, 2.05) is 11.8 Å². The molecular formula is C11H20ClNO. The van der Waals surface area contributed by atoms with E-state index in [1.54, 1.807) is 0 Å². The molecule has 0 bridgehead atoms. The summed E-state index contributed by atoms with van der Waals surface area (Å²) in [6, 6.07) is 0.284. The Morgan fingerprint density at radius 3 is 2.86 bits per heavy atom. The first-order chi connectivity index (χ1) is 6.70. The zero-order chi connectivity index (χ0) is 10.6. The first-order valence-corrected chi connectivity index (χ1v) is 6.10. The van der Waals surface area contributed by atoms with Crippen molar-refractivity contribution >= 4 is 17.5 Å². The van der Waals surface area contributed by atoms with E-state index < -0.39 is 0 Å². The predicted octanol–water partition coefficient (Wildman–Crippen LogP) is 2.65. The molecule has 0 aromatic rings. The van der Waals surface area contributed by atoms with E-state index in [0.717, 1.165) is 25.8 Å². The standard InChI is InChI=1S/C11H20ClNO/c1-3-9(2)11(14)13-7-5-4-6-10(13)8-12/h9-10H,3-8H2,1-2H3. The van der Waals surface area contributed by atoms with Gasteiger partial charge in [-0.25, -0.2) is 0 Å². The van der Waals surface area contributed by atoms with Gasteiger partial charge in [-0.05, 0) is 25.7 Å². The Morgan fingerprint density at radius 2 is 2.29 bits per heavy atom. The first kappa shape index (κ1) is 11.8. The van der Waals surface area contributed by atoms with Crippen LogP contribution in [0.3, 0.4) is 0 Å². The van der Waals surface area contributed by atoms with Gasteiger partial charge in [-0.1, -0.05) is 13.8 Å². The van der Waals surface area contributed by atoms with Crippen LogP contribution in [0.25, 0.3) is 0 Å². The maximum absolute atomic E-state index is 12.0. The van der Waals surface area contributed by atoms with Crippen LogP contribution in [0.2, 0.25) is 0 Å². The van der Waals surface area contributed by atoms with Gasteiger partial charge < -0.3 is 4.90 Å². The summed E-state index contributed by atoms with van der Waals surface area (Å²) in [5.41, 5.74) is 0. The van der Waals surface area contributed by atoms with Gasteiger partial charge >= 0.3 is 0 Å². The monoisotopic (exact) mass is 217 g/mol. The van der Waals surface area contributed by atoms with Crippen molar-refractivity contribution < 1.29 is 4.79 Å². The van der Waals surface area contributed by atoms with Crippen molar-refractivity contribution in [2.75, 3.05) is 12.4 Å². The Bertz CT molecular complexity index is 196. The number of piperidine rings is 1. The van der Waals surface area contributed by atoms with Gasteiger partial charge in [-0.15, -0.1) is 11.6 Å². The lowest BCUT2D eigenvalue weighted by Gasteiger charge is -2.36. The Kier molecular flexibility index (Phi) is 4.73. The third kappa shape index (κ3) is 2.63. The number of hydrogen-bond donors (Lipinski definition) is 0. The Hall–Kier alpha value is -0.240. The lowest BCUT2D eigenvalue weighted by atomic mass is 10.00. The fourth-order valence-corrected chi connectivity index (χ4v) is 2.23. The molecule has 0 aromatic heterocycles. The molecule has 1 aliphatic rings. The molecule has 1 amide bonds. The van der Waals surface area contributed by atoms with Crippen molar-refractivity contribution in [2.24, 2.45) is 5.92 Å². The molecule has 1 fully saturated rings. The number of carbonyl (C=O) groups excluding carboxylic acids is 1. The van der Waals surface area contributed by atoms with E-state index in [4.69, 9.17) is 11.6 Å². The molecule has 0 aromatic carbocycles. The average molecular weight is 218 g/mol. The number of alkyl halides is 1. The number of hydrogen-bond acceptors (Lipinski definition) is 1. The second-order valence-corrected chi connectivity index (χ2v) is 4.45. The van der Waals surface area contributed by atoms with Gasteiger partial charge in [0.15, 0.2) is 0 Å². The second-order valence-electron chi connectivity index (χ2n) is 4.14. The summed E-state index contributed by atoms with van der Waals surface area (Å²) in [5.74, 6) is 1.03. The molecule has 1 heterocycles. The third-order valence-corrected chi connectivity index (χ3v) is 3.48. The summed E-state index contributed by atoms with van der Waals surface area (Å²) in [4.78, 5) is 14.0. The molecule has 0 N–H and O–H groups in total. The van der Waals surface area contributed by atoms with Crippen LogP contribution in [-0.4, -0.2) is 29.3 Å². The summed E-state index contributed by atoms with van der Waals surface area (Å²) in [6.45, 7) is 4.96. The molecule has 82 valence electrons. The van der Waals surface area contributed by atoms with Crippen molar-refractivity contribution in [3.05, 3.63) is 0 Å². The lowest BCUT2D eigenvalue weighted by Crippen LogP contribution is -2.46. The highest BCUT2D eigenvalue weighted by Crippen LogP contribution is 2.21. The SMILES string of the molecule is CCC(C)C(=O)N1CCCCC1CCl. The van der Waals surface area contributed by atoms with E-state index in [-0.39, 0.29) is 17.9 Å². The number of rotatable bonds is 3. The van der Waals surface area contributed by atoms with Crippen LogP contribution in [0.5, 0.6) is 0 Å². The molecule has 0 spiro atoms. The van der Waals surface area contributed by atoms with Crippen molar-refractivity contribution in [3.63, 3.8) is 0 Å². The lowest BCUT2D eigenvalue weighted by molar-refractivity contribution is -0.138. The molecule has 2 unspecified atom stereocenters. The minimum Gasteiger partial charge on any atom is -0.338 e. The van der Waals surface area contributed by atoms with Crippen LogP contribution < -0.4 is 0 Å². The quantitative estimate of drug-likeness (QED) is 0.666. The van der Waals surface area contributed by atoms with Crippen LogP contribution in [0.15, 0.2) is 0 Å². The molecular weight excluding hydrogens is 198 g/mol. The summed E-state index contributed by atoms with van der Waals surface area (Å²) in [7, 11) is 0. The molecule has 14 heavy (non-hydrogen) atoms. The molecule has 2 atom stereocenters. The number of amides is 1. The largest absolute Gasteiger partial charge is 0.338 e. The highest BCUT2D eigenvalue weighted by molar-refractivity contribution is 6.18. The van der Waals surface area contributed by atoms with Crippen LogP contribution >= 0.6 is 11.6 Å². The summed E-state index contributed by atoms with van der Waals surface area (Å²) < 4.78 is 0.